The molecule has 0 radical (unpaired) electrons. The number of fused-ring (bicyclic) bond motifs is 2. The first-order valence-corrected chi connectivity index (χ1v) is 10.8. The first-order valence-electron chi connectivity index (χ1n) is 10.8. The van der Waals surface area contributed by atoms with Crippen LogP contribution in [0.5, 0.6) is 5.75 Å². The Morgan fingerprint density at radius 2 is 1.91 bits per heavy atom. The van der Waals surface area contributed by atoms with Crippen LogP contribution in [0.25, 0.3) is 10.9 Å². The Kier molecular flexibility index (Phi) is 5.13. The molecule has 5 nitrogen and oxygen atoms in total. The molecule has 4 aromatic rings. The van der Waals surface area contributed by atoms with Crippen LogP contribution in [0.2, 0.25) is 0 Å². The summed E-state index contributed by atoms with van der Waals surface area (Å²) in [5.41, 5.74) is 5.00. The van der Waals surface area contributed by atoms with Crippen molar-refractivity contribution in [2.45, 2.75) is 26.3 Å². The van der Waals surface area contributed by atoms with E-state index in [9.17, 15) is 4.39 Å². The third-order valence-electron chi connectivity index (χ3n) is 6.19. The SMILES string of the molecule is COc1cccc2c(N3CCc4ccccc4C3C)nc(Nc3ccc(F)cc3C)nc12. The second-order valence-electron chi connectivity index (χ2n) is 8.13. The van der Waals surface area contributed by atoms with Crippen LogP contribution in [0.4, 0.5) is 21.8 Å². The smallest absolute Gasteiger partial charge is 0.229 e. The summed E-state index contributed by atoms with van der Waals surface area (Å²) in [4.78, 5) is 12.0. The zero-order valence-corrected chi connectivity index (χ0v) is 18.4. The number of methoxy groups -OCH3 is 1. The number of anilines is 3. The first-order chi connectivity index (χ1) is 15.5. The molecule has 2 heterocycles. The Labute approximate surface area is 186 Å². The highest BCUT2D eigenvalue weighted by molar-refractivity contribution is 5.95. The van der Waals surface area contributed by atoms with Gasteiger partial charge in [-0.1, -0.05) is 30.3 Å². The Balaban J connectivity index is 1.65. The van der Waals surface area contributed by atoms with E-state index in [1.54, 1.807) is 13.2 Å². The number of nitrogens with zero attached hydrogens (tertiary/aromatic N) is 3. The molecule has 5 rings (SSSR count). The first kappa shape index (κ1) is 20.2. The summed E-state index contributed by atoms with van der Waals surface area (Å²) in [6, 6.07) is 19.3. The normalized spacial score (nSPS) is 15.5. The number of hydrogen-bond acceptors (Lipinski definition) is 5. The van der Waals surface area contributed by atoms with Gasteiger partial charge in [0, 0.05) is 17.6 Å². The summed E-state index contributed by atoms with van der Waals surface area (Å²) in [7, 11) is 1.65. The zero-order chi connectivity index (χ0) is 22.2. The summed E-state index contributed by atoms with van der Waals surface area (Å²) in [5.74, 6) is 1.74. The summed E-state index contributed by atoms with van der Waals surface area (Å²) < 4.78 is 19.2. The highest BCUT2D eigenvalue weighted by Gasteiger charge is 2.27. The molecular formula is C26H25FN4O. The zero-order valence-electron chi connectivity index (χ0n) is 18.4. The van der Waals surface area contributed by atoms with Gasteiger partial charge in [-0.25, -0.2) is 9.37 Å². The van der Waals surface area contributed by atoms with E-state index < -0.39 is 0 Å². The molecule has 0 bridgehead atoms. The van der Waals surface area contributed by atoms with Gasteiger partial charge in [0.05, 0.1) is 13.2 Å². The molecule has 0 saturated heterocycles. The number of ether oxygens (including phenoxy) is 1. The number of aryl methyl sites for hydroxylation is 1. The monoisotopic (exact) mass is 428 g/mol. The van der Waals surface area contributed by atoms with Crippen molar-refractivity contribution < 1.29 is 9.13 Å². The predicted octanol–water partition coefficient (Wildman–Crippen LogP) is 5.95. The second-order valence-corrected chi connectivity index (χ2v) is 8.13. The van der Waals surface area contributed by atoms with E-state index in [2.05, 4.69) is 41.4 Å². The molecule has 0 aliphatic carbocycles. The Morgan fingerprint density at radius 3 is 2.72 bits per heavy atom. The van der Waals surface area contributed by atoms with Gasteiger partial charge in [0.15, 0.2) is 0 Å². The van der Waals surface area contributed by atoms with Crippen molar-refractivity contribution in [2.75, 3.05) is 23.9 Å². The Hall–Kier alpha value is -3.67. The fourth-order valence-corrected chi connectivity index (χ4v) is 4.50. The third-order valence-corrected chi connectivity index (χ3v) is 6.19. The fraction of sp³-hybridized carbons (Fsp3) is 0.231. The predicted molar refractivity (Wildman–Crippen MR) is 126 cm³/mol. The number of benzene rings is 3. The minimum Gasteiger partial charge on any atom is -0.494 e. The molecule has 0 saturated carbocycles. The maximum Gasteiger partial charge on any atom is 0.229 e. The number of rotatable bonds is 4. The lowest BCUT2D eigenvalue weighted by Crippen LogP contribution is -2.34. The van der Waals surface area contributed by atoms with Gasteiger partial charge >= 0.3 is 0 Å². The largest absolute Gasteiger partial charge is 0.494 e. The van der Waals surface area contributed by atoms with Crippen molar-refractivity contribution in [1.29, 1.82) is 0 Å². The lowest BCUT2D eigenvalue weighted by molar-refractivity contribution is 0.419. The Bertz CT molecular complexity index is 1310. The van der Waals surface area contributed by atoms with Crippen molar-refractivity contribution in [3.05, 3.63) is 83.2 Å². The average molecular weight is 429 g/mol. The van der Waals surface area contributed by atoms with Gasteiger partial charge in [-0.2, -0.15) is 4.98 Å². The molecular weight excluding hydrogens is 403 g/mol. The molecule has 1 aliphatic heterocycles. The lowest BCUT2D eigenvalue weighted by Gasteiger charge is -2.37. The van der Waals surface area contributed by atoms with Gasteiger partial charge in [-0.15, -0.1) is 0 Å². The Morgan fingerprint density at radius 1 is 1.06 bits per heavy atom. The van der Waals surface area contributed by atoms with Crippen molar-refractivity contribution in [2.24, 2.45) is 0 Å². The van der Waals surface area contributed by atoms with Crippen LogP contribution in [0.15, 0.2) is 60.7 Å². The lowest BCUT2D eigenvalue weighted by atomic mass is 9.93. The molecule has 1 unspecified atom stereocenters. The average Bonchev–Trinajstić information content (AvgIpc) is 2.80. The van der Waals surface area contributed by atoms with Crippen molar-refractivity contribution in [1.82, 2.24) is 9.97 Å². The molecule has 0 amide bonds. The molecule has 0 spiro atoms. The van der Waals surface area contributed by atoms with Gasteiger partial charge in [-0.3, -0.25) is 0 Å². The van der Waals surface area contributed by atoms with E-state index in [1.165, 1.54) is 23.3 Å². The number of aromatic nitrogens is 2. The van der Waals surface area contributed by atoms with Crippen LogP contribution in [0.3, 0.4) is 0 Å². The standard InChI is InChI=1S/C26H25FN4O/c1-16-15-19(27)11-12-22(16)28-26-29-24-21(9-6-10-23(24)32-3)25(30-26)31-14-13-18-7-4-5-8-20(18)17(31)2/h4-12,15,17H,13-14H2,1-3H3,(H,28,29,30). The van der Waals surface area contributed by atoms with E-state index in [0.717, 1.165) is 40.9 Å². The third kappa shape index (κ3) is 3.51. The molecule has 1 N–H and O–H groups in total. The van der Waals surface area contributed by atoms with E-state index in [0.29, 0.717) is 11.7 Å². The molecule has 1 aliphatic rings. The van der Waals surface area contributed by atoms with Gasteiger partial charge < -0.3 is 15.0 Å². The fourth-order valence-electron chi connectivity index (χ4n) is 4.50. The summed E-state index contributed by atoms with van der Waals surface area (Å²) in [6.07, 6.45) is 0.954. The van der Waals surface area contributed by atoms with Crippen LogP contribution in [0, 0.1) is 12.7 Å². The molecule has 1 atom stereocenters. The van der Waals surface area contributed by atoms with Crippen molar-refractivity contribution in [3.8, 4) is 5.75 Å². The quantitative estimate of drug-likeness (QED) is 0.435. The molecule has 0 fully saturated rings. The van der Waals surface area contributed by atoms with Crippen molar-refractivity contribution >= 4 is 28.4 Å². The molecule has 1 aromatic heterocycles. The van der Waals surface area contributed by atoms with Gasteiger partial charge in [0.1, 0.15) is 22.9 Å². The molecule has 3 aromatic carbocycles. The molecule has 162 valence electrons. The van der Waals surface area contributed by atoms with E-state index in [1.807, 2.05) is 25.1 Å². The summed E-state index contributed by atoms with van der Waals surface area (Å²) in [5, 5.41) is 4.23. The van der Waals surface area contributed by atoms with Crippen LogP contribution >= 0.6 is 0 Å². The number of nitrogens with one attached hydrogen (secondary N) is 1. The minimum absolute atomic E-state index is 0.171. The number of para-hydroxylation sites is 1. The topological polar surface area (TPSA) is 50.3 Å². The van der Waals surface area contributed by atoms with E-state index in [-0.39, 0.29) is 11.9 Å². The van der Waals surface area contributed by atoms with Gasteiger partial charge in [-0.05, 0) is 67.3 Å². The van der Waals surface area contributed by atoms with Crippen LogP contribution in [0.1, 0.15) is 29.7 Å². The van der Waals surface area contributed by atoms with E-state index >= 15 is 0 Å². The van der Waals surface area contributed by atoms with E-state index in [4.69, 9.17) is 14.7 Å². The number of halogens is 1. The van der Waals surface area contributed by atoms with Crippen LogP contribution in [-0.2, 0) is 6.42 Å². The van der Waals surface area contributed by atoms with Gasteiger partial charge in [0.25, 0.3) is 0 Å². The van der Waals surface area contributed by atoms with Crippen LogP contribution in [-0.4, -0.2) is 23.6 Å². The molecule has 6 heteroatoms. The van der Waals surface area contributed by atoms with Gasteiger partial charge in [0.2, 0.25) is 5.95 Å². The van der Waals surface area contributed by atoms with Crippen molar-refractivity contribution in [3.63, 3.8) is 0 Å². The highest BCUT2D eigenvalue weighted by atomic mass is 19.1. The number of hydrogen-bond donors (Lipinski definition) is 1. The molecule has 32 heavy (non-hydrogen) atoms. The maximum absolute atomic E-state index is 13.6. The maximum atomic E-state index is 13.6. The summed E-state index contributed by atoms with van der Waals surface area (Å²) in [6.45, 7) is 4.93. The minimum atomic E-state index is -0.268. The summed E-state index contributed by atoms with van der Waals surface area (Å²) >= 11 is 0. The van der Waals surface area contributed by atoms with Crippen LogP contribution < -0.4 is 15.0 Å². The highest BCUT2D eigenvalue weighted by Crippen LogP contribution is 2.38. The second kappa shape index (κ2) is 8.11.